The lowest BCUT2D eigenvalue weighted by molar-refractivity contribution is 0.0980. The Labute approximate surface area is 258 Å². The zero-order chi connectivity index (χ0) is 31.9. The number of nitrogen functional groups attached to an aromatic ring is 1. The maximum absolute atomic E-state index is 13.5. The third-order valence-corrected chi connectivity index (χ3v) is 9.86. The number of ketones is 2. The van der Waals surface area contributed by atoms with E-state index in [9.17, 15) is 31.0 Å². The van der Waals surface area contributed by atoms with Crippen LogP contribution in [0.3, 0.4) is 0 Å². The van der Waals surface area contributed by atoms with Crippen molar-refractivity contribution < 1.29 is 35.2 Å². The van der Waals surface area contributed by atoms with Crippen molar-refractivity contribution in [1.29, 1.82) is 0 Å². The maximum Gasteiger partial charge on any atom is 0.296 e. The van der Waals surface area contributed by atoms with Crippen molar-refractivity contribution in [2.24, 2.45) is 0 Å². The number of hydrogen-bond acceptors (Lipinski definition) is 9. The van der Waals surface area contributed by atoms with Crippen LogP contribution >= 0.6 is 0 Å². The third kappa shape index (κ3) is 7.73. The normalized spacial score (nSPS) is 13.0. The molecule has 4 N–H and O–H groups in total. The smallest absolute Gasteiger partial charge is 0.296 e. The van der Waals surface area contributed by atoms with Crippen molar-refractivity contribution in [1.82, 2.24) is 0 Å². The summed E-state index contributed by atoms with van der Waals surface area (Å²) in [6, 6.07) is 12.5. The number of nitrogens with two attached hydrogens (primary N) is 1. The van der Waals surface area contributed by atoms with Gasteiger partial charge >= 0.3 is 0 Å². The summed E-state index contributed by atoms with van der Waals surface area (Å²) in [5.74, 6) is -1.23. The summed E-state index contributed by atoms with van der Waals surface area (Å²) in [6.45, 7) is 2.27. The number of benzene rings is 3. The molecule has 0 fully saturated rings. The van der Waals surface area contributed by atoms with Crippen molar-refractivity contribution in [3.05, 3.63) is 76.9 Å². The first-order chi connectivity index (χ1) is 21.0. The number of fused-ring (bicyclic) bond motifs is 2. The van der Waals surface area contributed by atoms with Crippen LogP contribution in [0.25, 0.3) is 0 Å². The predicted octanol–water partition coefficient (Wildman–Crippen LogP) is 6.66. The molecule has 0 atom stereocenters. The van der Waals surface area contributed by atoms with E-state index in [1.807, 2.05) is 0 Å². The number of rotatable bonds is 16. The summed E-state index contributed by atoms with van der Waals surface area (Å²) in [4.78, 5) is 26.0. The van der Waals surface area contributed by atoms with Gasteiger partial charge in [0.2, 0.25) is 0 Å². The Morgan fingerprint density at radius 1 is 0.750 bits per heavy atom. The Balaban J connectivity index is 1.44. The number of carbonyl (C=O) groups excluding carboxylic acids is 2. The van der Waals surface area contributed by atoms with E-state index >= 15 is 0 Å². The Morgan fingerprint density at radius 2 is 1.27 bits per heavy atom. The van der Waals surface area contributed by atoms with E-state index in [2.05, 4.69) is 12.2 Å². The minimum Gasteiger partial charge on any atom is -0.397 e. The molecule has 0 aromatic heterocycles. The number of carbonyl (C=O) groups is 2. The summed E-state index contributed by atoms with van der Waals surface area (Å²) in [5.41, 5.74) is 5.34. The summed E-state index contributed by atoms with van der Waals surface area (Å²) < 4.78 is 64.7. The second-order valence-corrected chi connectivity index (χ2v) is 13.9. The SMILES string of the molecule is CCCCCCCCCCCCOS(=O)(=O)c1ccc(Nc2cc(S(=O)(=O)O)c(N)c3c2C(=O)c2ccccc2C3=O)cc1. The van der Waals surface area contributed by atoms with E-state index < -0.39 is 42.4 Å². The summed E-state index contributed by atoms with van der Waals surface area (Å²) in [5, 5.41) is 2.88. The Bertz CT molecular complexity index is 1730. The number of nitrogens with one attached hydrogen (secondary N) is 1. The molecule has 0 aliphatic heterocycles. The molecule has 44 heavy (non-hydrogen) atoms. The zero-order valence-corrected chi connectivity index (χ0v) is 26.3. The van der Waals surface area contributed by atoms with E-state index in [4.69, 9.17) is 9.92 Å². The van der Waals surface area contributed by atoms with Gasteiger partial charge in [0, 0.05) is 16.8 Å². The van der Waals surface area contributed by atoms with Crippen LogP contribution in [-0.2, 0) is 24.4 Å². The zero-order valence-electron chi connectivity index (χ0n) is 24.7. The molecular formula is C32H38N2O8S2. The molecule has 3 aromatic rings. The second-order valence-electron chi connectivity index (χ2n) is 10.9. The molecule has 4 rings (SSSR count). The molecule has 236 valence electrons. The lowest BCUT2D eigenvalue weighted by atomic mass is 9.82. The number of anilines is 3. The van der Waals surface area contributed by atoms with Crippen molar-refractivity contribution in [3.63, 3.8) is 0 Å². The second kappa shape index (κ2) is 14.5. The van der Waals surface area contributed by atoms with Crippen LogP contribution in [0.4, 0.5) is 17.1 Å². The largest absolute Gasteiger partial charge is 0.397 e. The Morgan fingerprint density at radius 3 is 1.82 bits per heavy atom. The quantitative estimate of drug-likeness (QED) is 0.0520. The van der Waals surface area contributed by atoms with Crippen LogP contribution in [0.1, 0.15) is 103 Å². The van der Waals surface area contributed by atoms with Gasteiger partial charge in [0.1, 0.15) is 4.90 Å². The molecule has 0 amide bonds. The highest BCUT2D eigenvalue weighted by Crippen LogP contribution is 2.40. The van der Waals surface area contributed by atoms with Gasteiger partial charge in [0.25, 0.3) is 20.2 Å². The van der Waals surface area contributed by atoms with Gasteiger partial charge in [-0.3, -0.25) is 18.3 Å². The van der Waals surface area contributed by atoms with Gasteiger partial charge in [0.15, 0.2) is 11.6 Å². The summed E-state index contributed by atoms with van der Waals surface area (Å²) in [6.07, 6.45) is 11.2. The molecule has 0 unspecified atom stereocenters. The molecule has 0 saturated heterocycles. The van der Waals surface area contributed by atoms with Gasteiger partial charge in [0.05, 0.1) is 34.0 Å². The van der Waals surface area contributed by atoms with Gasteiger partial charge in [-0.25, -0.2) is 0 Å². The van der Waals surface area contributed by atoms with Crippen molar-refractivity contribution in [2.45, 2.75) is 80.9 Å². The van der Waals surface area contributed by atoms with Gasteiger partial charge in [-0.15, -0.1) is 0 Å². The third-order valence-electron chi connectivity index (χ3n) is 7.64. The Kier molecular flexibility index (Phi) is 11.0. The molecule has 10 nitrogen and oxygen atoms in total. The summed E-state index contributed by atoms with van der Waals surface area (Å²) >= 11 is 0. The van der Waals surface area contributed by atoms with Crippen LogP contribution in [0, 0.1) is 0 Å². The molecule has 12 heteroatoms. The molecule has 3 aromatic carbocycles. The number of hydrogen-bond donors (Lipinski definition) is 3. The standard InChI is InChI=1S/C32H38N2O8S2/c1-2-3-4-5-6-7-8-9-10-13-20-42-44(40,41)23-18-16-22(17-19-23)34-26-21-27(43(37,38)39)30(33)29-28(26)31(35)24-14-11-12-15-25(24)32(29)36/h11-12,14-19,21,34H,2-10,13,20,33H2,1H3,(H,37,38,39). The highest BCUT2D eigenvalue weighted by Gasteiger charge is 2.36. The van der Waals surface area contributed by atoms with Gasteiger partial charge in [-0.05, 0) is 36.8 Å². The molecule has 1 aliphatic rings. The highest BCUT2D eigenvalue weighted by atomic mass is 32.2. The molecule has 0 bridgehead atoms. The van der Waals surface area contributed by atoms with Crippen LogP contribution < -0.4 is 11.1 Å². The Hall–Kier alpha value is -3.58. The van der Waals surface area contributed by atoms with Crippen LogP contribution in [-0.4, -0.2) is 39.6 Å². The lowest BCUT2D eigenvalue weighted by Gasteiger charge is -2.23. The molecule has 0 spiro atoms. The number of unbranched alkanes of at least 4 members (excludes halogenated alkanes) is 9. The monoisotopic (exact) mass is 642 g/mol. The minimum absolute atomic E-state index is 0.0579. The van der Waals surface area contributed by atoms with E-state index in [0.717, 1.165) is 25.3 Å². The average Bonchev–Trinajstić information content (AvgIpc) is 2.99. The van der Waals surface area contributed by atoms with E-state index in [1.165, 1.54) is 74.9 Å². The molecule has 0 radical (unpaired) electrons. The highest BCUT2D eigenvalue weighted by molar-refractivity contribution is 7.86. The first-order valence-corrected chi connectivity index (χ1v) is 17.7. The van der Waals surface area contributed by atoms with Gasteiger partial charge in [-0.1, -0.05) is 89.0 Å². The lowest BCUT2D eigenvalue weighted by Crippen LogP contribution is -2.25. The van der Waals surface area contributed by atoms with Crippen molar-refractivity contribution >= 4 is 48.9 Å². The molecule has 0 heterocycles. The topological polar surface area (TPSA) is 170 Å². The maximum atomic E-state index is 13.5. The van der Waals surface area contributed by atoms with Crippen LogP contribution in [0.15, 0.2) is 64.4 Å². The minimum atomic E-state index is -4.87. The van der Waals surface area contributed by atoms with E-state index in [1.54, 1.807) is 12.1 Å². The average molecular weight is 643 g/mol. The molecule has 1 aliphatic carbocycles. The first kappa shape index (κ1) is 33.3. The predicted molar refractivity (Wildman–Crippen MR) is 169 cm³/mol. The summed E-state index contributed by atoms with van der Waals surface area (Å²) in [7, 11) is -8.88. The van der Waals surface area contributed by atoms with Gasteiger partial charge < -0.3 is 11.1 Å². The fraction of sp³-hybridized carbons (Fsp3) is 0.375. The fourth-order valence-corrected chi connectivity index (χ4v) is 6.88. The molecule has 0 saturated carbocycles. The van der Waals surface area contributed by atoms with Crippen molar-refractivity contribution in [3.8, 4) is 0 Å². The van der Waals surface area contributed by atoms with Crippen molar-refractivity contribution in [2.75, 3.05) is 17.7 Å². The van der Waals surface area contributed by atoms with Crippen LogP contribution in [0.2, 0.25) is 0 Å². The van der Waals surface area contributed by atoms with Gasteiger partial charge in [-0.2, -0.15) is 16.8 Å². The fourth-order valence-electron chi connectivity index (χ4n) is 5.29. The first-order valence-electron chi connectivity index (χ1n) is 14.8. The van der Waals surface area contributed by atoms with Crippen LogP contribution in [0.5, 0.6) is 0 Å². The van der Waals surface area contributed by atoms with E-state index in [0.29, 0.717) is 6.42 Å². The molecular weight excluding hydrogens is 604 g/mol. The van der Waals surface area contributed by atoms with E-state index in [-0.39, 0.29) is 45.1 Å².